The van der Waals surface area contributed by atoms with Crippen LogP contribution in [0.1, 0.15) is 37.1 Å². The van der Waals surface area contributed by atoms with Crippen molar-refractivity contribution in [3.05, 3.63) is 71.4 Å². The standard InChI is InChI=1S/C23H28N2/c1-3-24-17-21-20-13-7-8-14-22(20)25(23(21)16-18(24)2)15-9-12-19-10-5-4-6-11-19/h4-8,10-11,13-14,18H,3,9,12,15-17H2,1-2H3. The minimum Gasteiger partial charge on any atom is -0.344 e. The number of aryl methyl sites for hydroxylation is 2. The van der Waals surface area contributed by atoms with Gasteiger partial charge >= 0.3 is 0 Å². The predicted octanol–water partition coefficient (Wildman–Crippen LogP) is 5.04. The first-order valence-electron chi connectivity index (χ1n) is 9.65. The molecule has 1 aliphatic rings. The Bertz CT molecular complexity index is 847. The summed E-state index contributed by atoms with van der Waals surface area (Å²) in [4.78, 5) is 2.60. The molecule has 0 amide bonds. The van der Waals surface area contributed by atoms with Crippen molar-refractivity contribution in [3.8, 4) is 0 Å². The van der Waals surface area contributed by atoms with Gasteiger partial charge in [0.2, 0.25) is 0 Å². The number of rotatable bonds is 5. The van der Waals surface area contributed by atoms with Crippen molar-refractivity contribution in [1.82, 2.24) is 9.47 Å². The zero-order valence-electron chi connectivity index (χ0n) is 15.4. The first kappa shape index (κ1) is 16.4. The Balaban J connectivity index is 1.63. The van der Waals surface area contributed by atoms with Gasteiger partial charge in [0.1, 0.15) is 0 Å². The maximum absolute atomic E-state index is 2.61. The molecule has 2 heterocycles. The van der Waals surface area contributed by atoms with Crippen molar-refractivity contribution in [2.45, 2.75) is 52.2 Å². The Kier molecular flexibility index (Phi) is 4.63. The number of hydrogen-bond donors (Lipinski definition) is 0. The van der Waals surface area contributed by atoms with E-state index >= 15 is 0 Å². The van der Waals surface area contributed by atoms with Crippen LogP contribution < -0.4 is 0 Å². The molecule has 2 nitrogen and oxygen atoms in total. The number of likely N-dealkylation sites (N-methyl/N-ethyl adjacent to an activating group) is 1. The summed E-state index contributed by atoms with van der Waals surface area (Å²) < 4.78 is 2.61. The van der Waals surface area contributed by atoms with Crippen molar-refractivity contribution < 1.29 is 0 Å². The van der Waals surface area contributed by atoms with Crippen molar-refractivity contribution in [1.29, 1.82) is 0 Å². The van der Waals surface area contributed by atoms with E-state index in [2.05, 4.69) is 77.9 Å². The van der Waals surface area contributed by atoms with E-state index in [1.165, 1.54) is 29.3 Å². The van der Waals surface area contributed by atoms with Gasteiger partial charge < -0.3 is 4.57 Å². The van der Waals surface area contributed by atoms with Gasteiger partial charge in [-0.25, -0.2) is 0 Å². The fourth-order valence-electron chi connectivity index (χ4n) is 4.37. The van der Waals surface area contributed by atoms with Gasteiger partial charge in [0.05, 0.1) is 0 Å². The predicted molar refractivity (Wildman–Crippen MR) is 106 cm³/mol. The summed E-state index contributed by atoms with van der Waals surface area (Å²) in [6.07, 6.45) is 3.52. The number of hydrogen-bond acceptors (Lipinski definition) is 1. The first-order chi connectivity index (χ1) is 12.3. The molecule has 25 heavy (non-hydrogen) atoms. The highest BCUT2D eigenvalue weighted by Gasteiger charge is 2.27. The van der Waals surface area contributed by atoms with Crippen LogP contribution in [0.15, 0.2) is 54.6 Å². The molecule has 1 aromatic heterocycles. The van der Waals surface area contributed by atoms with E-state index in [0.29, 0.717) is 6.04 Å². The van der Waals surface area contributed by atoms with E-state index in [-0.39, 0.29) is 0 Å². The third kappa shape index (κ3) is 3.11. The van der Waals surface area contributed by atoms with Crippen LogP contribution in [-0.4, -0.2) is 22.1 Å². The number of benzene rings is 2. The summed E-state index contributed by atoms with van der Waals surface area (Å²) in [6.45, 7) is 8.00. The lowest BCUT2D eigenvalue weighted by Gasteiger charge is -2.33. The van der Waals surface area contributed by atoms with Gasteiger partial charge in [0.15, 0.2) is 0 Å². The molecular weight excluding hydrogens is 304 g/mol. The monoisotopic (exact) mass is 332 g/mol. The molecule has 0 spiro atoms. The average molecular weight is 332 g/mol. The molecule has 2 aromatic carbocycles. The van der Waals surface area contributed by atoms with Crippen molar-refractivity contribution in [2.24, 2.45) is 0 Å². The van der Waals surface area contributed by atoms with Gasteiger partial charge in [-0.1, -0.05) is 55.5 Å². The average Bonchev–Trinajstić information content (AvgIpc) is 2.95. The van der Waals surface area contributed by atoms with Crippen LogP contribution in [0.3, 0.4) is 0 Å². The first-order valence-corrected chi connectivity index (χ1v) is 9.65. The molecule has 1 unspecified atom stereocenters. The Labute approximate surface area is 151 Å². The second kappa shape index (κ2) is 7.05. The van der Waals surface area contributed by atoms with E-state index in [0.717, 1.165) is 26.1 Å². The van der Waals surface area contributed by atoms with Crippen molar-refractivity contribution >= 4 is 10.9 Å². The topological polar surface area (TPSA) is 8.17 Å². The summed E-state index contributed by atoms with van der Waals surface area (Å²) in [6, 6.07) is 20.5. The highest BCUT2D eigenvalue weighted by molar-refractivity contribution is 5.85. The summed E-state index contributed by atoms with van der Waals surface area (Å²) in [5, 5.41) is 1.46. The van der Waals surface area contributed by atoms with Crippen molar-refractivity contribution in [3.63, 3.8) is 0 Å². The lowest BCUT2D eigenvalue weighted by Crippen LogP contribution is -2.38. The van der Waals surface area contributed by atoms with Crippen LogP contribution in [0.4, 0.5) is 0 Å². The number of para-hydroxylation sites is 1. The number of aromatic nitrogens is 1. The number of nitrogens with zero attached hydrogens (tertiary/aromatic N) is 2. The van der Waals surface area contributed by atoms with E-state index in [9.17, 15) is 0 Å². The van der Waals surface area contributed by atoms with Gasteiger partial charge in [0, 0.05) is 42.1 Å². The molecule has 0 aliphatic carbocycles. The molecule has 0 N–H and O–H groups in total. The van der Waals surface area contributed by atoms with Crippen molar-refractivity contribution in [2.75, 3.05) is 6.54 Å². The van der Waals surface area contributed by atoms with E-state index in [1.807, 2.05) is 0 Å². The molecule has 0 saturated heterocycles. The maximum atomic E-state index is 2.61. The normalized spacial score (nSPS) is 17.8. The molecule has 0 fully saturated rings. The molecule has 4 rings (SSSR count). The zero-order chi connectivity index (χ0) is 17.2. The van der Waals surface area contributed by atoms with Gasteiger partial charge in [-0.15, -0.1) is 0 Å². The minimum absolute atomic E-state index is 0.634. The molecule has 1 atom stereocenters. The molecule has 0 radical (unpaired) electrons. The van der Waals surface area contributed by atoms with Crippen LogP contribution >= 0.6 is 0 Å². The van der Waals surface area contributed by atoms with Gasteiger partial charge in [-0.05, 0) is 43.5 Å². The lowest BCUT2D eigenvalue weighted by molar-refractivity contribution is 0.192. The molecular formula is C23H28N2. The smallest absolute Gasteiger partial charge is 0.0485 e. The molecule has 1 aliphatic heterocycles. The summed E-state index contributed by atoms with van der Waals surface area (Å²) in [7, 11) is 0. The Morgan fingerprint density at radius 2 is 1.76 bits per heavy atom. The SMILES string of the molecule is CCN1Cc2c(n(CCCc3ccccc3)c3ccccc23)CC1C. The summed E-state index contributed by atoms with van der Waals surface area (Å²) in [5.41, 5.74) is 6.01. The third-order valence-corrected chi connectivity index (χ3v) is 5.76. The molecule has 3 aromatic rings. The Morgan fingerprint density at radius 3 is 2.56 bits per heavy atom. The fourth-order valence-corrected chi connectivity index (χ4v) is 4.37. The number of fused-ring (bicyclic) bond motifs is 3. The molecule has 0 saturated carbocycles. The van der Waals surface area contributed by atoms with E-state index in [1.54, 1.807) is 11.3 Å². The summed E-state index contributed by atoms with van der Waals surface area (Å²) in [5.74, 6) is 0. The maximum Gasteiger partial charge on any atom is 0.0485 e. The summed E-state index contributed by atoms with van der Waals surface area (Å²) >= 11 is 0. The highest BCUT2D eigenvalue weighted by Crippen LogP contribution is 2.33. The van der Waals surface area contributed by atoms with Crippen LogP contribution in [0.2, 0.25) is 0 Å². The third-order valence-electron chi connectivity index (χ3n) is 5.76. The van der Waals surface area contributed by atoms with Gasteiger partial charge in [0.25, 0.3) is 0 Å². The van der Waals surface area contributed by atoms with Crippen LogP contribution in [0.5, 0.6) is 0 Å². The lowest BCUT2D eigenvalue weighted by atomic mass is 9.99. The molecule has 2 heteroatoms. The largest absolute Gasteiger partial charge is 0.344 e. The minimum atomic E-state index is 0.634. The molecule has 130 valence electrons. The van der Waals surface area contributed by atoms with Crippen LogP contribution in [0.25, 0.3) is 10.9 Å². The van der Waals surface area contributed by atoms with Crippen LogP contribution in [0, 0.1) is 0 Å². The van der Waals surface area contributed by atoms with Gasteiger partial charge in [-0.3, -0.25) is 4.90 Å². The Hall–Kier alpha value is -2.06. The second-order valence-corrected chi connectivity index (χ2v) is 7.30. The Morgan fingerprint density at radius 1 is 1.00 bits per heavy atom. The fraction of sp³-hybridized carbons (Fsp3) is 0.391. The van der Waals surface area contributed by atoms with Crippen LogP contribution in [-0.2, 0) is 25.9 Å². The van der Waals surface area contributed by atoms with Gasteiger partial charge in [-0.2, -0.15) is 0 Å². The van der Waals surface area contributed by atoms with E-state index in [4.69, 9.17) is 0 Å². The zero-order valence-corrected chi connectivity index (χ0v) is 15.4. The molecule has 0 bridgehead atoms. The van der Waals surface area contributed by atoms with E-state index < -0.39 is 0 Å². The second-order valence-electron chi connectivity index (χ2n) is 7.30. The highest BCUT2D eigenvalue weighted by atomic mass is 15.2. The quantitative estimate of drug-likeness (QED) is 0.635.